The molecule has 1 aromatic rings. The Morgan fingerprint density at radius 1 is 1.19 bits per heavy atom. The standard InChI is InChI=1S/C19H26ClN3O3/c1-13(2)21-17(24)12-22(3)18(25)15-8-10-23(11-9-15)19(26)14-4-6-16(20)7-5-14/h4-7,13,15H,8-12H2,1-3H3,(H,21,24). The van der Waals surface area contributed by atoms with Gasteiger partial charge in [0.15, 0.2) is 0 Å². The Morgan fingerprint density at radius 3 is 2.31 bits per heavy atom. The molecule has 0 unspecified atom stereocenters. The van der Waals surface area contributed by atoms with E-state index in [0.717, 1.165) is 0 Å². The largest absolute Gasteiger partial charge is 0.352 e. The number of nitrogens with zero attached hydrogens (tertiary/aromatic N) is 2. The van der Waals surface area contributed by atoms with Crippen LogP contribution in [0, 0.1) is 5.92 Å². The molecular weight excluding hydrogens is 354 g/mol. The van der Waals surface area contributed by atoms with Crippen molar-refractivity contribution in [2.24, 2.45) is 5.92 Å². The van der Waals surface area contributed by atoms with E-state index in [1.807, 2.05) is 13.8 Å². The number of carbonyl (C=O) groups is 3. The second kappa shape index (κ2) is 9.03. The van der Waals surface area contributed by atoms with Crippen LogP contribution in [0.3, 0.4) is 0 Å². The molecule has 3 amide bonds. The van der Waals surface area contributed by atoms with Gasteiger partial charge in [0.2, 0.25) is 11.8 Å². The third kappa shape index (κ3) is 5.46. The van der Waals surface area contributed by atoms with Crippen LogP contribution in [0.1, 0.15) is 37.0 Å². The van der Waals surface area contributed by atoms with Gasteiger partial charge in [-0.2, -0.15) is 0 Å². The zero-order chi connectivity index (χ0) is 19.3. The minimum atomic E-state index is -0.161. The molecule has 1 fully saturated rings. The van der Waals surface area contributed by atoms with Crippen molar-refractivity contribution in [3.63, 3.8) is 0 Å². The SMILES string of the molecule is CC(C)NC(=O)CN(C)C(=O)C1CCN(C(=O)c2ccc(Cl)cc2)CC1. The summed E-state index contributed by atoms with van der Waals surface area (Å²) in [7, 11) is 1.65. The number of nitrogens with one attached hydrogen (secondary N) is 1. The molecule has 1 N–H and O–H groups in total. The van der Waals surface area contributed by atoms with Crippen LogP contribution in [0.5, 0.6) is 0 Å². The highest BCUT2D eigenvalue weighted by Crippen LogP contribution is 2.21. The third-order valence-corrected chi connectivity index (χ3v) is 4.68. The average Bonchev–Trinajstić information content (AvgIpc) is 2.60. The van der Waals surface area contributed by atoms with Crippen molar-refractivity contribution in [1.82, 2.24) is 15.1 Å². The molecule has 1 aliphatic rings. The van der Waals surface area contributed by atoms with Gasteiger partial charge in [-0.1, -0.05) is 11.6 Å². The van der Waals surface area contributed by atoms with Crippen molar-refractivity contribution in [2.75, 3.05) is 26.7 Å². The van der Waals surface area contributed by atoms with Gasteiger partial charge in [-0.05, 0) is 51.0 Å². The van der Waals surface area contributed by atoms with Gasteiger partial charge < -0.3 is 15.1 Å². The van der Waals surface area contributed by atoms with Crippen LogP contribution in [0.25, 0.3) is 0 Å². The Hall–Kier alpha value is -2.08. The highest BCUT2D eigenvalue weighted by atomic mass is 35.5. The number of piperidine rings is 1. The number of amides is 3. The maximum absolute atomic E-state index is 12.5. The van der Waals surface area contributed by atoms with Crippen LogP contribution in [-0.4, -0.2) is 60.2 Å². The van der Waals surface area contributed by atoms with Gasteiger partial charge in [0.05, 0.1) is 6.54 Å². The number of benzene rings is 1. The van der Waals surface area contributed by atoms with E-state index in [1.54, 1.807) is 36.2 Å². The van der Waals surface area contributed by atoms with Crippen molar-refractivity contribution in [1.29, 1.82) is 0 Å². The summed E-state index contributed by atoms with van der Waals surface area (Å²) in [5.41, 5.74) is 0.599. The molecule has 6 nitrogen and oxygen atoms in total. The first-order valence-electron chi connectivity index (χ1n) is 8.87. The van der Waals surface area contributed by atoms with E-state index in [0.29, 0.717) is 36.5 Å². The average molecular weight is 380 g/mol. The summed E-state index contributed by atoms with van der Waals surface area (Å²) in [6.07, 6.45) is 1.21. The van der Waals surface area contributed by atoms with E-state index >= 15 is 0 Å². The Bertz CT molecular complexity index is 652. The lowest BCUT2D eigenvalue weighted by Gasteiger charge is -2.33. The van der Waals surface area contributed by atoms with Crippen molar-refractivity contribution in [3.8, 4) is 0 Å². The maximum Gasteiger partial charge on any atom is 0.253 e. The lowest BCUT2D eigenvalue weighted by atomic mass is 9.95. The minimum absolute atomic E-state index is 0.0394. The third-order valence-electron chi connectivity index (χ3n) is 4.43. The first kappa shape index (κ1) is 20.2. The van der Waals surface area contributed by atoms with Crippen molar-refractivity contribution < 1.29 is 14.4 Å². The van der Waals surface area contributed by atoms with Crippen LogP contribution in [0.2, 0.25) is 5.02 Å². The lowest BCUT2D eigenvalue weighted by molar-refractivity contribution is -0.139. The molecule has 1 heterocycles. The van der Waals surface area contributed by atoms with Gasteiger partial charge in [-0.3, -0.25) is 14.4 Å². The van der Waals surface area contributed by atoms with E-state index < -0.39 is 0 Å². The molecule has 0 saturated carbocycles. The molecule has 1 aliphatic heterocycles. The van der Waals surface area contributed by atoms with Crippen molar-refractivity contribution in [2.45, 2.75) is 32.7 Å². The van der Waals surface area contributed by atoms with Gasteiger partial charge in [-0.25, -0.2) is 0 Å². The Morgan fingerprint density at radius 2 is 1.77 bits per heavy atom. The molecule has 7 heteroatoms. The van der Waals surface area contributed by atoms with E-state index in [4.69, 9.17) is 11.6 Å². The Balaban J connectivity index is 1.85. The molecule has 0 spiro atoms. The van der Waals surface area contributed by atoms with Gasteiger partial charge in [0.1, 0.15) is 0 Å². The summed E-state index contributed by atoms with van der Waals surface area (Å²) in [5.74, 6) is -0.396. The fourth-order valence-corrected chi connectivity index (χ4v) is 3.20. The monoisotopic (exact) mass is 379 g/mol. The molecule has 1 saturated heterocycles. The van der Waals surface area contributed by atoms with Gasteiger partial charge in [0, 0.05) is 42.7 Å². The number of likely N-dealkylation sites (tertiary alicyclic amines) is 1. The van der Waals surface area contributed by atoms with Crippen LogP contribution in [-0.2, 0) is 9.59 Å². The quantitative estimate of drug-likeness (QED) is 0.852. The van der Waals surface area contributed by atoms with E-state index in [2.05, 4.69) is 5.32 Å². The number of carbonyl (C=O) groups excluding carboxylic acids is 3. The first-order valence-corrected chi connectivity index (χ1v) is 9.25. The zero-order valence-electron chi connectivity index (χ0n) is 15.5. The molecule has 2 rings (SSSR count). The van der Waals surface area contributed by atoms with Crippen LogP contribution >= 0.6 is 11.6 Å². The van der Waals surface area contributed by atoms with E-state index in [1.165, 1.54) is 4.90 Å². The summed E-state index contributed by atoms with van der Waals surface area (Å²) in [6, 6.07) is 6.87. The van der Waals surface area contributed by atoms with E-state index in [-0.39, 0.29) is 36.2 Å². The predicted octanol–water partition coefficient (Wildman–Crippen LogP) is 2.18. The molecule has 0 radical (unpaired) electrons. The second-order valence-corrected chi connectivity index (χ2v) is 7.43. The lowest BCUT2D eigenvalue weighted by Crippen LogP contribution is -2.46. The molecule has 142 valence electrons. The number of hydrogen-bond donors (Lipinski definition) is 1. The smallest absolute Gasteiger partial charge is 0.253 e. The Labute approximate surface area is 159 Å². The second-order valence-electron chi connectivity index (χ2n) is 6.99. The summed E-state index contributed by atoms with van der Waals surface area (Å²) in [5, 5.41) is 3.37. The Kier molecular flexibility index (Phi) is 7.03. The highest BCUT2D eigenvalue weighted by molar-refractivity contribution is 6.30. The summed E-state index contributed by atoms with van der Waals surface area (Å²) in [6.45, 7) is 4.88. The molecule has 1 aromatic carbocycles. The topological polar surface area (TPSA) is 69.7 Å². The predicted molar refractivity (Wildman–Crippen MR) is 101 cm³/mol. The molecule has 0 bridgehead atoms. The number of rotatable bonds is 5. The molecule has 0 aliphatic carbocycles. The summed E-state index contributed by atoms with van der Waals surface area (Å²) < 4.78 is 0. The van der Waals surface area contributed by atoms with Crippen LogP contribution in [0.4, 0.5) is 0 Å². The van der Waals surface area contributed by atoms with E-state index in [9.17, 15) is 14.4 Å². The fraction of sp³-hybridized carbons (Fsp3) is 0.526. The molecule has 26 heavy (non-hydrogen) atoms. The first-order chi connectivity index (χ1) is 12.3. The summed E-state index contributed by atoms with van der Waals surface area (Å²) in [4.78, 5) is 40.1. The van der Waals surface area contributed by atoms with Crippen LogP contribution < -0.4 is 5.32 Å². The number of halogens is 1. The van der Waals surface area contributed by atoms with Gasteiger partial charge in [0.25, 0.3) is 5.91 Å². The minimum Gasteiger partial charge on any atom is -0.352 e. The number of hydrogen-bond acceptors (Lipinski definition) is 3. The van der Waals surface area contributed by atoms with Gasteiger partial charge >= 0.3 is 0 Å². The van der Waals surface area contributed by atoms with Crippen LogP contribution in [0.15, 0.2) is 24.3 Å². The molecular formula is C19H26ClN3O3. The molecule has 0 aromatic heterocycles. The van der Waals surface area contributed by atoms with Crippen molar-refractivity contribution >= 4 is 29.3 Å². The summed E-state index contributed by atoms with van der Waals surface area (Å²) >= 11 is 5.85. The molecule has 0 atom stereocenters. The number of likely N-dealkylation sites (N-methyl/N-ethyl adjacent to an activating group) is 1. The zero-order valence-corrected chi connectivity index (χ0v) is 16.3. The maximum atomic E-state index is 12.5. The fourth-order valence-electron chi connectivity index (χ4n) is 3.08. The van der Waals surface area contributed by atoms with Gasteiger partial charge in [-0.15, -0.1) is 0 Å². The highest BCUT2D eigenvalue weighted by Gasteiger charge is 2.30. The normalized spacial score (nSPS) is 15.0. The van der Waals surface area contributed by atoms with Crippen molar-refractivity contribution in [3.05, 3.63) is 34.9 Å².